The van der Waals surface area contributed by atoms with Crippen LogP contribution in [0.4, 0.5) is 8.78 Å². The molecule has 1 rings (SSSR count). The molecule has 1 atom stereocenters. The molecule has 0 aromatic heterocycles. The predicted molar refractivity (Wildman–Crippen MR) is 46.8 cm³/mol. The molecular formula is C10H16F2O. The van der Waals surface area contributed by atoms with Gasteiger partial charge < -0.3 is 4.79 Å². The number of hydrogen-bond donors (Lipinski definition) is 0. The van der Waals surface area contributed by atoms with Crippen LogP contribution in [0.25, 0.3) is 0 Å². The predicted octanol–water partition coefficient (Wildman–Crippen LogP) is 3.04. The van der Waals surface area contributed by atoms with E-state index >= 15 is 0 Å². The molecule has 3 heteroatoms. The third kappa shape index (κ3) is 3.05. The van der Waals surface area contributed by atoms with E-state index in [1.54, 1.807) is 13.8 Å². The molecule has 1 fully saturated rings. The Morgan fingerprint density at radius 3 is 2.54 bits per heavy atom. The molecule has 13 heavy (non-hydrogen) atoms. The SMILES string of the molecule is CC(C)(C=O)CC1CCC(F)(F)C1. The molecule has 1 aliphatic carbocycles. The number of carbonyl (C=O) groups excluding carboxylic acids is 1. The maximum absolute atomic E-state index is 12.8. The van der Waals surface area contributed by atoms with E-state index in [9.17, 15) is 13.6 Å². The van der Waals surface area contributed by atoms with Crippen molar-refractivity contribution in [2.75, 3.05) is 0 Å². The van der Waals surface area contributed by atoms with E-state index < -0.39 is 11.3 Å². The van der Waals surface area contributed by atoms with Crippen LogP contribution in [0.2, 0.25) is 0 Å². The minimum absolute atomic E-state index is 0.00734. The molecule has 0 saturated heterocycles. The highest BCUT2D eigenvalue weighted by molar-refractivity contribution is 5.57. The Morgan fingerprint density at radius 2 is 2.15 bits per heavy atom. The summed E-state index contributed by atoms with van der Waals surface area (Å²) < 4.78 is 25.6. The van der Waals surface area contributed by atoms with Crippen molar-refractivity contribution in [3.8, 4) is 0 Å². The lowest BCUT2D eigenvalue weighted by atomic mass is 9.83. The van der Waals surface area contributed by atoms with Gasteiger partial charge in [0.25, 0.3) is 0 Å². The number of carbonyl (C=O) groups is 1. The average Bonchev–Trinajstić information content (AvgIpc) is 2.29. The molecule has 0 N–H and O–H groups in total. The van der Waals surface area contributed by atoms with E-state index in [0.29, 0.717) is 12.8 Å². The third-order valence-electron chi connectivity index (χ3n) is 2.64. The number of alkyl halides is 2. The quantitative estimate of drug-likeness (QED) is 0.625. The average molecular weight is 190 g/mol. The van der Waals surface area contributed by atoms with E-state index in [-0.39, 0.29) is 18.8 Å². The molecule has 0 amide bonds. The lowest BCUT2D eigenvalue weighted by Crippen LogP contribution is -2.18. The Balaban J connectivity index is 2.45. The second-order valence-electron chi connectivity index (χ2n) is 4.78. The monoisotopic (exact) mass is 190 g/mol. The maximum atomic E-state index is 12.8. The molecule has 1 nitrogen and oxygen atoms in total. The van der Waals surface area contributed by atoms with Crippen molar-refractivity contribution in [2.24, 2.45) is 11.3 Å². The number of aldehydes is 1. The standard InChI is InChI=1S/C10H16F2O/c1-9(2,7-13)5-8-3-4-10(11,12)6-8/h7-8H,3-6H2,1-2H3. The van der Waals surface area contributed by atoms with Gasteiger partial charge in [-0.3, -0.25) is 0 Å². The van der Waals surface area contributed by atoms with Gasteiger partial charge in [-0.25, -0.2) is 8.78 Å². The van der Waals surface area contributed by atoms with Crippen molar-refractivity contribution in [3.63, 3.8) is 0 Å². The van der Waals surface area contributed by atoms with Crippen molar-refractivity contribution < 1.29 is 13.6 Å². The fourth-order valence-electron chi connectivity index (χ4n) is 2.01. The van der Waals surface area contributed by atoms with E-state index in [1.807, 2.05) is 0 Å². The molecule has 0 aliphatic heterocycles. The van der Waals surface area contributed by atoms with Gasteiger partial charge in [0.1, 0.15) is 6.29 Å². The van der Waals surface area contributed by atoms with Crippen LogP contribution in [0, 0.1) is 11.3 Å². The summed E-state index contributed by atoms with van der Waals surface area (Å²) in [7, 11) is 0. The molecule has 76 valence electrons. The molecule has 1 unspecified atom stereocenters. The van der Waals surface area contributed by atoms with Crippen molar-refractivity contribution in [1.29, 1.82) is 0 Å². The summed E-state index contributed by atoms with van der Waals surface area (Å²) in [6.07, 6.45) is 1.97. The van der Waals surface area contributed by atoms with Gasteiger partial charge in [0.15, 0.2) is 0 Å². The van der Waals surface area contributed by atoms with Gasteiger partial charge in [-0.1, -0.05) is 13.8 Å². The number of hydrogen-bond acceptors (Lipinski definition) is 1. The van der Waals surface area contributed by atoms with Gasteiger partial charge in [0.2, 0.25) is 5.92 Å². The minimum Gasteiger partial charge on any atom is -0.303 e. The van der Waals surface area contributed by atoms with Crippen LogP contribution in [0.1, 0.15) is 39.5 Å². The Hall–Kier alpha value is -0.470. The summed E-state index contributed by atoms with van der Waals surface area (Å²) in [5.41, 5.74) is -0.439. The second kappa shape index (κ2) is 3.35. The Morgan fingerprint density at radius 1 is 1.54 bits per heavy atom. The van der Waals surface area contributed by atoms with Gasteiger partial charge in [-0.15, -0.1) is 0 Å². The minimum atomic E-state index is -2.48. The first-order chi connectivity index (χ1) is 5.85. The number of halogens is 2. The molecular weight excluding hydrogens is 174 g/mol. The number of rotatable bonds is 3. The zero-order chi connectivity index (χ0) is 10.1. The summed E-state index contributed by atoms with van der Waals surface area (Å²) in [5.74, 6) is -2.46. The van der Waals surface area contributed by atoms with Gasteiger partial charge in [0.05, 0.1) is 0 Å². The van der Waals surface area contributed by atoms with Crippen molar-refractivity contribution in [3.05, 3.63) is 0 Å². The lowest BCUT2D eigenvalue weighted by molar-refractivity contribution is -0.115. The topological polar surface area (TPSA) is 17.1 Å². The van der Waals surface area contributed by atoms with Crippen LogP contribution in [0.5, 0.6) is 0 Å². The lowest BCUT2D eigenvalue weighted by Gasteiger charge is -2.21. The first-order valence-corrected chi connectivity index (χ1v) is 4.69. The molecule has 1 aliphatic rings. The molecule has 0 bridgehead atoms. The van der Waals surface area contributed by atoms with Gasteiger partial charge in [-0.2, -0.15) is 0 Å². The van der Waals surface area contributed by atoms with E-state index in [1.165, 1.54) is 0 Å². The fraction of sp³-hybridized carbons (Fsp3) is 0.900. The van der Waals surface area contributed by atoms with Crippen LogP contribution in [-0.2, 0) is 4.79 Å². The highest BCUT2D eigenvalue weighted by Crippen LogP contribution is 2.43. The summed E-state index contributed by atoms with van der Waals surface area (Å²) in [6.45, 7) is 3.60. The highest BCUT2D eigenvalue weighted by atomic mass is 19.3. The second-order valence-corrected chi connectivity index (χ2v) is 4.78. The molecule has 1 saturated carbocycles. The summed E-state index contributed by atoms with van der Waals surface area (Å²) in [4.78, 5) is 10.6. The Kier molecular flexibility index (Phi) is 2.74. The van der Waals surface area contributed by atoms with Crippen molar-refractivity contribution >= 4 is 6.29 Å². The summed E-state index contributed by atoms with van der Waals surface area (Å²) in [5, 5.41) is 0. The van der Waals surface area contributed by atoms with Crippen molar-refractivity contribution in [1.82, 2.24) is 0 Å². The largest absolute Gasteiger partial charge is 0.303 e. The maximum Gasteiger partial charge on any atom is 0.248 e. The molecule has 0 aromatic carbocycles. The van der Waals surface area contributed by atoms with Crippen LogP contribution in [-0.4, -0.2) is 12.2 Å². The van der Waals surface area contributed by atoms with Gasteiger partial charge in [0, 0.05) is 18.3 Å². The Labute approximate surface area is 77.5 Å². The fourth-order valence-corrected chi connectivity index (χ4v) is 2.01. The first-order valence-electron chi connectivity index (χ1n) is 4.69. The van der Waals surface area contributed by atoms with Crippen LogP contribution < -0.4 is 0 Å². The highest BCUT2D eigenvalue weighted by Gasteiger charge is 2.40. The van der Waals surface area contributed by atoms with Gasteiger partial charge >= 0.3 is 0 Å². The molecule has 0 heterocycles. The van der Waals surface area contributed by atoms with E-state index in [0.717, 1.165) is 6.29 Å². The summed E-state index contributed by atoms with van der Waals surface area (Å²) in [6, 6.07) is 0. The molecule has 0 spiro atoms. The van der Waals surface area contributed by atoms with Crippen molar-refractivity contribution in [2.45, 2.75) is 45.5 Å². The van der Waals surface area contributed by atoms with Crippen LogP contribution in [0.15, 0.2) is 0 Å². The third-order valence-corrected chi connectivity index (χ3v) is 2.64. The zero-order valence-electron chi connectivity index (χ0n) is 8.15. The molecule has 0 radical (unpaired) electrons. The van der Waals surface area contributed by atoms with Crippen LogP contribution >= 0.6 is 0 Å². The zero-order valence-corrected chi connectivity index (χ0v) is 8.15. The smallest absolute Gasteiger partial charge is 0.248 e. The first kappa shape index (κ1) is 10.6. The normalized spacial score (nSPS) is 27.5. The van der Waals surface area contributed by atoms with Gasteiger partial charge in [-0.05, 0) is 18.8 Å². The van der Waals surface area contributed by atoms with Crippen LogP contribution in [0.3, 0.4) is 0 Å². The van der Waals surface area contributed by atoms with E-state index in [2.05, 4.69) is 0 Å². The van der Waals surface area contributed by atoms with E-state index in [4.69, 9.17) is 0 Å². The molecule has 0 aromatic rings. The Bertz CT molecular complexity index is 199. The summed E-state index contributed by atoms with van der Waals surface area (Å²) >= 11 is 0.